The number of rotatable bonds is 3. The molecule has 0 fully saturated rings. The Bertz CT molecular complexity index is 743. The molecule has 0 saturated heterocycles. The van der Waals surface area contributed by atoms with Crippen LogP contribution in [0.2, 0.25) is 0 Å². The van der Waals surface area contributed by atoms with E-state index in [1.807, 2.05) is 0 Å². The Kier molecular flexibility index (Phi) is 4.01. The van der Waals surface area contributed by atoms with Gasteiger partial charge in [-0.25, -0.2) is 12.8 Å². The topological polar surface area (TPSA) is 72.2 Å². The highest BCUT2D eigenvalue weighted by Crippen LogP contribution is 2.25. The van der Waals surface area contributed by atoms with Gasteiger partial charge in [0.1, 0.15) is 10.7 Å². The lowest BCUT2D eigenvalue weighted by atomic mass is 10.2. The van der Waals surface area contributed by atoms with Crippen molar-refractivity contribution in [3.63, 3.8) is 0 Å². The highest BCUT2D eigenvalue weighted by molar-refractivity contribution is 9.10. The van der Waals surface area contributed by atoms with Crippen LogP contribution < -0.4 is 10.5 Å². The Labute approximate surface area is 125 Å². The second-order valence-corrected chi connectivity index (χ2v) is 6.87. The lowest BCUT2D eigenvalue weighted by molar-refractivity contribution is 0.601. The van der Waals surface area contributed by atoms with E-state index < -0.39 is 15.8 Å². The fourth-order valence-corrected chi connectivity index (χ4v) is 3.46. The van der Waals surface area contributed by atoms with E-state index in [1.54, 1.807) is 13.0 Å². The zero-order chi connectivity index (χ0) is 14.9. The van der Waals surface area contributed by atoms with E-state index >= 15 is 0 Å². The summed E-state index contributed by atoms with van der Waals surface area (Å²) in [6, 6.07) is 8.47. The Morgan fingerprint density at radius 1 is 1.20 bits per heavy atom. The standard InChI is InChI=1S/C13H12BrFN2O2S/c1-8-4-10(15)7-11(5-8)17-20(18,19)13-6-9(14)2-3-12(13)16/h2-7,17H,16H2,1H3. The van der Waals surface area contributed by atoms with Gasteiger partial charge in [0.25, 0.3) is 10.0 Å². The third kappa shape index (κ3) is 3.29. The number of hydrogen-bond donors (Lipinski definition) is 2. The molecule has 0 bridgehead atoms. The van der Waals surface area contributed by atoms with E-state index in [0.717, 1.165) is 6.07 Å². The van der Waals surface area contributed by atoms with Crippen molar-refractivity contribution in [3.8, 4) is 0 Å². The molecule has 0 radical (unpaired) electrons. The summed E-state index contributed by atoms with van der Waals surface area (Å²) >= 11 is 3.19. The van der Waals surface area contributed by atoms with Crippen molar-refractivity contribution in [1.82, 2.24) is 0 Å². The lowest BCUT2D eigenvalue weighted by Crippen LogP contribution is -2.15. The van der Waals surface area contributed by atoms with Crippen molar-refractivity contribution in [2.45, 2.75) is 11.8 Å². The van der Waals surface area contributed by atoms with Crippen LogP contribution in [0.15, 0.2) is 45.8 Å². The third-order valence-corrected chi connectivity index (χ3v) is 4.49. The van der Waals surface area contributed by atoms with Crippen molar-refractivity contribution in [3.05, 3.63) is 52.3 Å². The minimum absolute atomic E-state index is 0.0613. The molecular formula is C13H12BrFN2O2S. The average Bonchev–Trinajstić information content (AvgIpc) is 2.30. The number of nitrogens with two attached hydrogens (primary N) is 1. The molecule has 2 aromatic rings. The number of hydrogen-bond acceptors (Lipinski definition) is 3. The molecule has 106 valence electrons. The molecule has 0 aliphatic heterocycles. The normalized spacial score (nSPS) is 11.3. The summed E-state index contributed by atoms with van der Waals surface area (Å²) in [7, 11) is -3.87. The predicted molar refractivity (Wildman–Crippen MR) is 80.5 cm³/mol. The Balaban J connectivity index is 2.43. The fraction of sp³-hybridized carbons (Fsp3) is 0.0769. The third-order valence-electron chi connectivity index (χ3n) is 2.56. The number of aryl methyl sites for hydroxylation is 1. The zero-order valence-corrected chi connectivity index (χ0v) is 12.9. The van der Waals surface area contributed by atoms with Crippen LogP contribution in [-0.4, -0.2) is 8.42 Å². The van der Waals surface area contributed by atoms with Crippen LogP contribution in [0, 0.1) is 12.7 Å². The molecule has 3 N–H and O–H groups in total. The van der Waals surface area contributed by atoms with Crippen LogP contribution in [0.1, 0.15) is 5.56 Å². The Morgan fingerprint density at radius 3 is 2.55 bits per heavy atom. The molecule has 0 atom stereocenters. The number of nitrogens with one attached hydrogen (secondary N) is 1. The molecule has 7 heteroatoms. The minimum atomic E-state index is -3.87. The fourth-order valence-electron chi connectivity index (χ4n) is 1.75. The zero-order valence-electron chi connectivity index (χ0n) is 10.5. The number of benzene rings is 2. The predicted octanol–water partition coefficient (Wildman–Crippen LogP) is 3.28. The first kappa shape index (κ1) is 14.8. The Morgan fingerprint density at radius 2 is 1.90 bits per heavy atom. The van der Waals surface area contributed by atoms with Gasteiger partial charge in [0.05, 0.1) is 11.4 Å². The van der Waals surface area contributed by atoms with Gasteiger partial charge in [-0.3, -0.25) is 4.72 Å². The molecule has 0 aromatic heterocycles. The van der Waals surface area contributed by atoms with Crippen molar-refractivity contribution >= 4 is 37.3 Å². The molecule has 0 amide bonds. The van der Waals surface area contributed by atoms with Crippen LogP contribution in [-0.2, 0) is 10.0 Å². The van der Waals surface area contributed by atoms with Gasteiger partial charge in [-0.2, -0.15) is 0 Å². The van der Waals surface area contributed by atoms with Gasteiger partial charge in [0.15, 0.2) is 0 Å². The van der Waals surface area contributed by atoms with E-state index in [1.165, 1.54) is 24.3 Å². The second kappa shape index (κ2) is 5.41. The second-order valence-electron chi connectivity index (χ2n) is 4.30. The van der Waals surface area contributed by atoms with Gasteiger partial charge in [0, 0.05) is 4.47 Å². The van der Waals surface area contributed by atoms with Crippen LogP contribution in [0.5, 0.6) is 0 Å². The summed E-state index contributed by atoms with van der Waals surface area (Å²) in [6.07, 6.45) is 0. The molecule has 0 unspecified atom stereocenters. The molecular weight excluding hydrogens is 347 g/mol. The summed E-state index contributed by atoms with van der Waals surface area (Å²) in [5.41, 5.74) is 6.56. The van der Waals surface area contributed by atoms with Gasteiger partial charge < -0.3 is 5.73 Å². The van der Waals surface area contributed by atoms with Gasteiger partial charge in [-0.05, 0) is 48.9 Å². The van der Waals surface area contributed by atoms with Gasteiger partial charge in [-0.15, -0.1) is 0 Å². The van der Waals surface area contributed by atoms with E-state index in [0.29, 0.717) is 10.0 Å². The highest BCUT2D eigenvalue weighted by atomic mass is 79.9. The van der Waals surface area contributed by atoms with Gasteiger partial charge in [-0.1, -0.05) is 15.9 Å². The van der Waals surface area contributed by atoms with E-state index in [9.17, 15) is 12.8 Å². The van der Waals surface area contributed by atoms with Crippen molar-refractivity contribution in [2.75, 3.05) is 10.5 Å². The average molecular weight is 359 g/mol. The van der Waals surface area contributed by atoms with Crippen molar-refractivity contribution in [1.29, 1.82) is 0 Å². The molecule has 2 rings (SSSR count). The maximum atomic E-state index is 13.3. The summed E-state index contributed by atoms with van der Waals surface area (Å²) in [5.74, 6) is -0.509. The van der Waals surface area contributed by atoms with E-state index in [2.05, 4.69) is 20.7 Å². The van der Waals surface area contributed by atoms with Crippen LogP contribution in [0.3, 0.4) is 0 Å². The van der Waals surface area contributed by atoms with Crippen LogP contribution in [0.4, 0.5) is 15.8 Å². The molecule has 20 heavy (non-hydrogen) atoms. The monoisotopic (exact) mass is 358 g/mol. The van der Waals surface area contributed by atoms with E-state index in [-0.39, 0.29) is 16.3 Å². The first-order valence-electron chi connectivity index (χ1n) is 5.63. The maximum absolute atomic E-state index is 13.3. The molecule has 2 aromatic carbocycles. The van der Waals surface area contributed by atoms with Crippen LogP contribution in [0.25, 0.3) is 0 Å². The van der Waals surface area contributed by atoms with E-state index in [4.69, 9.17) is 5.73 Å². The summed E-state index contributed by atoms with van der Waals surface area (Å²) in [4.78, 5) is -0.0613. The summed E-state index contributed by atoms with van der Waals surface area (Å²) in [6.45, 7) is 1.67. The molecule has 4 nitrogen and oxygen atoms in total. The molecule has 0 aliphatic carbocycles. The SMILES string of the molecule is Cc1cc(F)cc(NS(=O)(=O)c2cc(Br)ccc2N)c1. The Hall–Kier alpha value is -1.60. The first-order valence-corrected chi connectivity index (χ1v) is 7.90. The highest BCUT2D eigenvalue weighted by Gasteiger charge is 2.18. The number of nitrogen functional groups attached to an aromatic ring is 1. The van der Waals surface area contributed by atoms with Crippen LogP contribution >= 0.6 is 15.9 Å². The smallest absolute Gasteiger partial charge is 0.263 e. The first-order chi connectivity index (χ1) is 9.28. The summed E-state index contributed by atoms with van der Waals surface area (Å²) < 4.78 is 40.7. The maximum Gasteiger partial charge on any atom is 0.263 e. The lowest BCUT2D eigenvalue weighted by Gasteiger charge is -2.11. The van der Waals surface area contributed by atoms with Crippen molar-refractivity contribution in [2.24, 2.45) is 0 Å². The number of halogens is 2. The van der Waals surface area contributed by atoms with Crippen molar-refractivity contribution < 1.29 is 12.8 Å². The molecule has 0 aliphatic rings. The van der Waals surface area contributed by atoms with Gasteiger partial charge in [0.2, 0.25) is 0 Å². The number of anilines is 2. The quantitative estimate of drug-likeness (QED) is 0.827. The molecule has 0 spiro atoms. The molecule has 0 saturated carbocycles. The summed E-state index contributed by atoms with van der Waals surface area (Å²) in [5, 5.41) is 0. The number of sulfonamides is 1. The largest absolute Gasteiger partial charge is 0.398 e. The molecule has 0 heterocycles. The van der Waals surface area contributed by atoms with Gasteiger partial charge >= 0.3 is 0 Å². The minimum Gasteiger partial charge on any atom is -0.398 e.